The third-order valence-corrected chi connectivity index (χ3v) is 3.18. The topological polar surface area (TPSA) is 80.9 Å². The second kappa shape index (κ2) is 7.33. The molecule has 0 fully saturated rings. The monoisotopic (exact) mass is 268 g/mol. The number of aryl methyl sites for hydroxylation is 1. The van der Waals surface area contributed by atoms with Crippen LogP contribution in [0, 0.1) is 6.92 Å². The molecule has 0 saturated carbocycles. The summed E-state index contributed by atoms with van der Waals surface area (Å²) in [6.45, 7) is 5.91. The van der Waals surface area contributed by atoms with Crippen molar-refractivity contribution in [2.24, 2.45) is 5.73 Å². The van der Waals surface area contributed by atoms with Gasteiger partial charge in [-0.3, -0.25) is 4.79 Å². The smallest absolute Gasteiger partial charge is 0.234 e. The molecule has 3 N–H and O–H groups in total. The number of aromatic nitrogens is 2. The highest BCUT2D eigenvalue weighted by Gasteiger charge is 2.15. The molecule has 0 radical (unpaired) electrons. The summed E-state index contributed by atoms with van der Waals surface area (Å²) in [5.74, 6) is 0.450. The molecule has 0 aliphatic rings. The lowest BCUT2D eigenvalue weighted by Crippen LogP contribution is -2.44. The lowest BCUT2D eigenvalue weighted by Gasteiger charge is -2.17. The quantitative estimate of drug-likeness (QED) is 0.572. The lowest BCUT2D eigenvalue weighted by molar-refractivity contribution is -0.120. The SMILES string of the molecule is Cc1ccnc(SCCC(NC(C)C)C(N)=O)n1. The van der Waals surface area contributed by atoms with Crippen LogP contribution >= 0.6 is 11.8 Å². The summed E-state index contributed by atoms with van der Waals surface area (Å²) >= 11 is 1.54. The molecule has 1 heterocycles. The van der Waals surface area contributed by atoms with E-state index < -0.39 is 0 Å². The molecule has 0 aliphatic heterocycles. The Balaban J connectivity index is 2.41. The highest BCUT2D eigenvalue weighted by atomic mass is 32.2. The Hall–Kier alpha value is -1.14. The molecule has 1 unspecified atom stereocenters. The third kappa shape index (κ3) is 5.46. The molecule has 0 aromatic carbocycles. The Kier molecular flexibility index (Phi) is 6.07. The van der Waals surface area contributed by atoms with E-state index >= 15 is 0 Å². The predicted molar refractivity (Wildman–Crippen MR) is 73.4 cm³/mol. The van der Waals surface area contributed by atoms with Crippen molar-refractivity contribution in [3.05, 3.63) is 18.0 Å². The van der Waals surface area contributed by atoms with Crippen LogP contribution < -0.4 is 11.1 Å². The summed E-state index contributed by atoms with van der Waals surface area (Å²) in [6, 6.07) is 1.81. The average molecular weight is 268 g/mol. The van der Waals surface area contributed by atoms with Gasteiger partial charge < -0.3 is 11.1 Å². The van der Waals surface area contributed by atoms with E-state index in [-0.39, 0.29) is 18.0 Å². The minimum atomic E-state index is -0.311. The minimum Gasteiger partial charge on any atom is -0.368 e. The summed E-state index contributed by atoms with van der Waals surface area (Å²) in [6.07, 6.45) is 2.41. The first-order valence-electron chi connectivity index (χ1n) is 5.97. The minimum absolute atomic E-state index is 0.239. The molecule has 0 bridgehead atoms. The van der Waals surface area contributed by atoms with Crippen LogP contribution in [-0.2, 0) is 4.79 Å². The Morgan fingerprint density at radius 2 is 2.28 bits per heavy atom. The second-order valence-electron chi connectivity index (χ2n) is 4.39. The molecule has 1 rings (SSSR count). The third-order valence-electron chi connectivity index (χ3n) is 2.29. The van der Waals surface area contributed by atoms with Crippen molar-refractivity contribution >= 4 is 17.7 Å². The molecular formula is C12H20N4OS. The number of thioether (sulfide) groups is 1. The first-order valence-corrected chi connectivity index (χ1v) is 6.95. The first kappa shape index (κ1) is 14.9. The standard InChI is InChI=1S/C12H20N4OS/c1-8(2)15-10(11(13)17)5-7-18-12-14-6-4-9(3)16-12/h4,6,8,10,15H,5,7H2,1-3H3,(H2,13,17). The van der Waals surface area contributed by atoms with Gasteiger partial charge in [-0.05, 0) is 19.4 Å². The predicted octanol–water partition coefficient (Wildman–Crippen LogP) is 1.12. The molecule has 1 aromatic rings. The van der Waals surface area contributed by atoms with Crippen molar-refractivity contribution in [3.63, 3.8) is 0 Å². The van der Waals surface area contributed by atoms with Gasteiger partial charge >= 0.3 is 0 Å². The number of carbonyl (C=O) groups is 1. The van der Waals surface area contributed by atoms with Crippen LogP contribution in [0.2, 0.25) is 0 Å². The maximum atomic E-state index is 11.3. The van der Waals surface area contributed by atoms with Gasteiger partial charge in [0.25, 0.3) is 0 Å². The van der Waals surface area contributed by atoms with Crippen LogP contribution in [0.15, 0.2) is 17.4 Å². The molecule has 0 aliphatic carbocycles. The number of nitrogens with one attached hydrogen (secondary N) is 1. The zero-order chi connectivity index (χ0) is 13.5. The summed E-state index contributed by atoms with van der Waals surface area (Å²) in [4.78, 5) is 19.7. The Bertz CT molecular complexity index is 397. The molecule has 18 heavy (non-hydrogen) atoms. The van der Waals surface area contributed by atoms with Gasteiger partial charge in [-0.15, -0.1) is 0 Å². The number of primary amides is 1. The average Bonchev–Trinajstić information content (AvgIpc) is 2.27. The maximum absolute atomic E-state index is 11.3. The summed E-state index contributed by atoms with van der Waals surface area (Å²) in [5, 5.41) is 3.89. The second-order valence-corrected chi connectivity index (χ2v) is 5.46. The molecule has 5 nitrogen and oxygen atoms in total. The van der Waals surface area contributed by atoms with E-state index in [1.807, 2.05) is 26.8 Å². The lowest BCUT2D eigenvalue weighted by atomic mass is 10.2. The van der Waals surface area contributed by atoms with Crippen molar-refractivity contribution in [1.29, 1.82) is 0 Å². The van der Waals surface area contributed by atoms with Gasteiger partial charge in [0.15, 0.2) is 5.16 Å². The number of nitrogens with zero attached hydrogens (tertiary/aromatic N) is 2. The van der Waals surface area contributed by atoms with Crippen molar-refractivity contribution in [2.45, 2.75) is 44.4 Å². The van der Waals surface area contributed by atoms with Gasteiger partial charge in [-0.2, -0.15) is 0 Å². The number of carbonyl (C=O) groups excluding carboxylic acids is 1. The van der Waals surface area contributed by atoms with E-state index in [2.05, 4.69) is 15.3 Å². The van der Waals surface area contributed by atoms with Crippen LogP contribution in [-0.4, -0.2) is 33.7 Å². The van der Waals surface area contributed by atoms with Gasteiger partial charge in [-0.25, -0.2) is 9.97 Å². The normalized spacial score (nSPS) is 12.7. The van der Waals surface area contributed by atoms with E-state index in [1.165, 1.54) is 11.8 Å². The van der Waals surface area contributed by atoms with E-state index in [0.717, 1.165) is 16.6 Å². The van der Waals surface area contributed by atoms with Crippen LogP contribution in [0.25, 0.3) is 0 Å². The fourth-order valence-electron chi connectivity index (χ4n) is 1.47. The zero-order valence-corrected chi connectivity index (χ0v) is 11.8. The highest BCUT2D eigenvalue weighted by molar-refractivity contribution is 7.99. The first-order chi connectivity index (χ1) is 8.49. The molecule has 1 aromatic heterocycles. The van der Waals surface area contributed by atoms with Crippen LogP contribution in [0.1, 0.15) is 26.0 Å². The number of hydrogen-bond donors (Lipinski definition) is 2. The van der Waals surface area contributed by atoms with Gasteiger partial charge in [-0.1, -0.05) is 25.6 Å². The fourth-order valence-corrected chi connectivity index (χ4v) is 2.35. The molecule has 1 amide bonds. The largest absolute Gasteiger partial charge is 0.368 e. The Morgan fingerprint density at radius 1 is 1.56 bits per heavy atom. The van der Waals surface area contributed by atoms with Crippen molar-refractivity contribution < 1.29 is 4.79 Å². The summed E-state index contributed by atoms with van der Waals surface area (Å²) in [5.41, 5.74) is 6.29. The van der Waals surface area contributed by atoms with Gasteiger partial charge in [0.1, 0.15) is 0 Å². The molecule has 6 heteroatoms. The molecule has 100 valence electrons. The zero-order valence-electron chi connectivity index (χ0n) is 11.0. The number of amides is 1. The van der Waals surface area contributed by atoms with Gasteiger partial charge in [0.2, 0.25) is 5.91 Å². The Labute approximate surface area is 112 Å². The molecule has 1 atom stereocenters. The number of hydrogen-bond acceptors (Lipinski definition) is 5. The fraction of sp³-hybridized carbons (Fsp3) is 0.583. The van der Waals surface area contributed by atoms with Gasteiger partial charge in [0, 0.05) is 23.7 Å². The molecule has 0 spiro atoms. The van der Waals surface area contributed by atoms with Crippen LogP contribution in [0.3, 0.4) is 0 Å². The summed E-state index contributed by atoms with van der Waals surface area (Å²) < 4.78 is 0. The Morgan fingerprint density at radius 3 is 2.83 bits per heavy atom. The maximum Gasteiger partial charge on any atom is 0.234 e. The molecular weight excluding hydrogens is 248 g/mol. The summed E-state index contributed by atoms with van der Waals surface area (Å²) in [7, 11) is 0. The van der Waals surface area contributed by atoms with E-state index in [4.69, 9.17) is 5.73 Å². The van der Waals surface area contributed by atoms with Crippen molar-refractivity contribution in [3.8, 4) is 0 Å². The van der Waals surface area contributed by atoms with Crippen LogP contribution in [0.5, 0.6) is 0 Å². The number of nitrogens with two attached hydrogens (primary N) is 1. The molecule has 0 saturated heterocycles. The van der Waals surface area contributed by atoms with Crippen LogP contribution in [0.4, 0.5) is 0 Å². The van der Waals surface area contributed by atoms with Gasteiger partial charge in [0.05, 0.1) is 6.04 Å². The van der Waals surface area contributed by atoms with E-state index in [9.17, 15) is 4.79 Å². The van der Waals surface area contributed by atoms with E-state index in [0.29, 0.717) is 6.42 Å². The number of rotatable bonds is 7. The van der Waals surface area contributed by atoms with Crippen molar-refractivity contribution in [1.82, 2.24) is 15.3 Å². The highest BCUT2D eigenvalue weighted by Crippen LogP contribution is 2.14. The van der Waals surface area contributed by atoms with E-state index in [1.54, 1.807) is 6.20 Å². The van der Waals surface area contributed by atoms with Crippen molar-refractivity contribution in [2.75, 3.05) is 5.75 Å².